The number of nitrogens with zero attached hydrogens (tertiary/aromatic N) is 3. The van der Waals surface area contributed by atoms with Gasteiger partial charge in [-0.3, -0.25) is 14.5 Å². The van der Waals surface area contributed by atoms with Gasteiger partial charge in [0.25, 0.3) is 5.91 Å². The quantitative estimate of drug-likeness (QED) is 0.537. The molecule has 1 fully saturated rings. The summed E-state index contributed by atoms with van der Waals surface area (Å²) in [5.41, 5.74) is 4.09. The molecule has 4 aromatic rings. The Labute approximate surface area is 173 Å². The Bertz CT molecular complexity index is 1250. The molecule has 0 unspecified atom stereocenters. The van der Waals surface area contributed by atoms with E-state index in [0.717, 1.165) is 29.3 Å². The Morgan fingerprint density at radius 2 is 2.03 bits per heavy atom. The van der Waals surface area contributed by atoms with Crippen LogP contribution in [0.15, 0.2) is 60.9 Å². The number of nitrogens with one attached hydrogen (secondary N) is 1. The van der Waals surface area contributed by atoms with E-state index in [4.69, 9.17) is 5.10 Å². The third-order valence-electron chi connectivity index (χ3n) is 5.49. The van der Waals surface area contributed by atoms with Gasteiger partial charge in [0.1, 0.15) is 11.5 Å². The molecule has 2 aromatic heterocycles. The first kappa shape index (κ1) is 18.5. The molecule has 2 aromatic carbocycles. The van der Waals surface area contributed by atoms with Crippen LogP contribution < -0.4 is 5.32 Å². The zero-order valence-electron chi connectivity index (χ0n) is 16.6. The van der Waals surface area contributed by atoms with Crippen molar-refractivity contribution in [2.24, 2.45) is 0 Å². The Balaban J connectivity index is 1.62. The van der Waals surface area contributed by atoms with Crippen LogP contribution in [0.1, 0.15) is 34.3 Å². The van der Waals surface area contributed by atoms with Crippen LogP contribution in [0, 0.1) is 12.7 Å². The molecule has 1 N–H and O–H groups in total. The molecular formula is C24H21FN4O. The summed E-state index contributed by atoms with van der Waals surface area (Å²) in [5, 5.41) is 8.67. The molecule has 150 valence electrons. The summed E-state index contributed by atoms with van der Waals surface area (Å²) in [4.78, 5) is 16.7. The lowest BCUT2D eigenvalue weighted by Crippen LogP contribution is -2.25. The van der Waals surface area contributed by atoms with Crippen LogP contribution in [0.5, 0.6) is 0 Å². The van der Waals surface area contributed by atoms with Gasteiger partial charge in [0, 0.05) is 34.9 Å². The summed E-state index contributed by atoms with van der Waals surface area (Å²) in [6.07, 6.45) is 5.51. The van der Waals surface area contributed by atoms with Crippen LogP contribution in [0.25, 0.3) is 22.2 Å². The van der Waals surface area contributed by atoms with Gasteiger partial charge in [0.2, 0.25) is 0 Å². The van der Waals surface area contributed by atoms with Crippen LogP contribution in [0.4, 0.5) is 4.39 Å². The van der Waals surface area contributed by atoms with Crippen molar-refractivity contribution in [2.45, 2.75) is 32.4 Å². The number of halogens is 1. The highest BCUT2D eigenvalue weighted by atomic mass is 19.1. The molecular weight excluding hydrogens is 379 g/mol. The van der Waals surface area contributed by atoms with E-state index in [1.165, 1.54) is 6.07 Å². The molecule has 0 aliphatic heterocycles. The summed E-state index contributed by atoms with van der Waals surface area (Å²) < 4.78 is 16.7. The van der Waals surface area contributed by atoms with E-state index in [-0.39, 0.29) is 11.9 Å². The summed E-state index contributed by atoms with van der Waals surface area (Å²) in [6.45, 7) is 2.28. The fraction of sp³-hybridized carbons (Fsp3) is 0.208. The number of hydrogen-bond donors (Lipinski definition) is 1. The van der Waals surface area contributed by atoms with Gasteiger partial charge in [0.15, 0.2) is 0 Å². The topological polar surface area (TPSA) is 59.8 Å². The molecule has 5 nitrogen and oxygen atoms in total. The highest BCUT2D eigenvalue weighted by Gasteiger charge is 2.25. The van der Waals surface area contributed by atoms with Crippen molar-refractivity contribution in [3.8, 4) is 11.3 Å². The van der Waals surface area contributed by atoms with E-state index >= 15 is 0 Å². The van der Waals surface area contributed by atoms with Crippen LogP contribution >= 0.6 is 0 Å². The van der Waals surface area contributed by atoms with E-state index in [1.807, 2.05) is 47.3 Å². The lowest BCUT2D eigenvalue weighted by molar-refractivity contribution is 0.0950. The van der Waals surface area contributed by atoms with Gasteiger partial charge in [-0.05, 0) is 55.2 Å². The lowest BCUT2D eigenvalue weighted by Gasteiger charge is -2.10. The van der Waals surface area contributed by atoms with Gasteiger partial charge >= 0.3 is 0 Å². The minimum atomic E-state index is -0.403. The molecule has 30 heavy (non-hydrogen) atoms. The lowest BCUT2D eigenvalue weighted by atomic mass is 9.99. The zero-order valence-corrected chi connectivity index (χ0v) is 16.6. The number of aromatic nitrogens is 3. The molecule has 0 radical (unpaired) electrons. The normalized spacial score (nSPS) is 13.5. The van der Waals surface area contributed by atoms with E-state index < -0.39 is 5.82 Å². The maximum Gasteiger partial charge on any atom is 0.251 e. The highest BCUT2D eigenvalue weighted by Crippen LogP contribution is 2.33. The predicted molar refractivity (Wildman–Crippen MR) is 114 cm³/mol. The molecule has 0 saturated heterocycles. The number of carbonyl (C=O) groups is 1. The number of rotatable bonds is 5. The SMILES string of the molecule is Cc1c(F)cc(C(=O)NC2CC2)cc1-c1nn(Cc2cccnc2)c2ccccc12. The molecule has 6 heteroatoms. The second kappa shape index (κ2) is 7.37. The van der Waals surface area contributed by atoms with Crippen LogP contribution in [0.2, 0.25) is 0 Å². The second-order valence-electron chi connectivity index (χ2n) is 7.76. The van der Waals surface area contributed by atoms with Crippen molar-refractivity contribution < 1.29 is 9.18 Å². The first-order chi connectivity index (χ1) is 14.6. The summed E-state index contributed by atoms with van der Waals surface area (Å²) in [7, 11) is 0. The van der Waals surface area contributed by atoms with E-state index in [9.17, 15) is 9.18 Å². The van der Waals surface area contributed by atoms with Crippen molar-refractivity contribution in [2.75, 3.05) is 0 Å². The van der Waals surface area contributed by atoms with Gasteiger partial charge in [0.05, 0.1) is 12.1 Å². The molecule has 1 aliphatic carbocycles. The number of fused-ring (bicyclic) bond motifs is 1. The number of para-hydroxylation sites is 1. The molecule has 1 saturated carbocycles. The average Bonchev–Trinajstić information content (AvgIpc) is 3.51. The maximum absolute atomic E-state index is 14.8. The number of carbonyl (C=O) groups excluding carboxylic acids is 1. The Hall–Kier alpha value is -3.54. The minimum absolute atomic E-state index is 0.213. The Morgan fingerprint density at radius 3 is 2.80 bits per heavy atom. The van der Waals surface area contributed by atoms with E-state index in [1.54, 1.807) is 19.2 Å². The van der Waals surface area contributed by atoms with Gasteiger partial charge in [-0.25, -0.2) is 4.39 Å². The number of amides is 1. The van der Waals surface area contributed by atoms with Crippen LogP contribution in [0.3, 0.4) is 0 Å². The van der Waals surface area contributed by atoms with Crippen molar-refractivity contribution in [3.05, 3.63) is 83.4 Å². The Morgan fingerprint density at radius 1 is 1.20 bits per heavy atom. The largest absolute Gasteiger partial charge is 0.349 e. The van der Waals surface area contributed by atoms with E-state index in [0.29, 0.717) is 28.9 Å². The number of benzene rings is 2. The monoisotopic (exact) mass is 400 g/mol. The third-order valence-corrected chi connectivity index (χ3v) is 5.49. The predicted octanol–water partition coefficient (Wildman–Crippen LogP) is 4.49. The van der Waals surface area contributed by atoms with Crippen LogP contribution in [-0.4, -0.2) is 26.7 Å². The van der Waals surface area contributed by atoms with Crippen molar-refractivity contribution in [1.29, 1.82) is 0 Å². The fourth-order valence-corrected chi connectivity index (χ4v) is 3.66. The van der Waals surface area contributed by atoms with Crippen molar-refractivity contribution in [1.82, 2.24) is 20.1 Å². The zero-order chi connectivity index (χ0) is 20.7. The molecule has 2 heterocycles. The standard InChI is InChI=1S/C24H21FN4O/c1-15-20(11-17(12-21(15)25)24(30)27-18-8-9-18)23-19-6-2-3-7-22(19)29(28-23)14-16-5-4-10-26-13-16/h2-7,10-13,18H,8-9,14H2,1H3,(H,27,30). The molecule has 1 aliphatic rings. The summed E-state index contributed by atoms with van der Waals surface area (Å²) in [6, 6.07) is 15.0. The van der Waals surface area contributed by atoms with Gasteiger partial charge in [-0.1, -0.05) is 24.3 Å². The molecule has 0 bridgehead atoms. The van der Waals surface area contributed by atoms with Crippen LogP contribution in [-0.2, 0) is 6.54 Å². The van der Waals surface area contributed by atoms with E-state index in [2.05, 4.69) is 10.3 Å². The smallest absolute Gasteiger partial charge is 0.251 e. The average molecular weight is 400 g/mol. The maximum atomic E-state index is 14.8. The number of pyridine rings is 1. The van der Waals surface area contributed by atoms with Gasteiger partial charge < -0.3 is 5.32 Å². The third kappa shape index (κ3) is 3.45. The minimum Gasteiger partial charge on any atom is -0.349 e. The highest BCUT2D eigenvalue weighted by molar-refractivity contribution is 5.99. The first-order valence-corrected chi connectivity index (χ1v) is 10.1. The number of hydrogen-bond acceptors (Lipinski definition) is 3. The second-order valence-corrected chi connectivity index (χ2v) is 7.76. The Kier molecular flexibility index (Phi) is 4.54. The van der Waals surface area contributed by atoms with Gasteiger partial charge in [-0.2, -0.15) is 5.10 Å². The van der Waals surface area contributed by atoms with Crippen molar-refractivity contribution >= 4 is 16.8 Å². The summed E-state index contributed by atoms with van der Waals surface area (Å²) >= 11 is 0. The first-order valence-electron chi connectivity index (χ1n) is 10.1. The van der Waals surface area contributed by atoms with Gasteiger partial charge in [-0.15, -0.1) is 0 Å². The molecule has 0 atom stereocenters. The molecule has 1 amide bonds. The van der Waals surface area contributed by atoms with Crippen molar-refractivity contribution in [3.63, 3.8) is 0 Å². The molecule has 0 spiro atoms. The summed E-state index contributed by atoms with van der Waals surface area (Å²) in [5.74, 6) is -0.643. The fourth-order valence-electron chi connectivity index (χ4n) is 3.66. The molecule has 5 rings (SSSR count).